The number of hydrogen-bond acceptors (Lipinski definition) is 8. The lowest BCUT2D eigenvalue weighted by Gasteiger charge is -2.14. The van der Waals surface area contributed by atoms with Gasteiger partial charge in [-0.3, -0.25) is 5.32 Å². The van der Waals surface area contributed by atoms with Gasteiger partial charge in [0.2, 0.25) is 0 Å². The number of anilines is 2. The van der Waals surface area contributed by atoms with Crippen LogP contribution in [0, 0.1) is 0 Å². The first-order valence-corrected chi connectivity index (χ1v) is 14.5. The molecule has 0 atom stereocenters. The maximum atomic E-state index is 13.1. The van der Waals surface area contributed by atoms with Crippen molar-refractivity contribution in [1.29, 1.82) is 0 Å². The summed E-state index contributed by atoms with van der Waals surface area (Å²) in [5.41, 5.74) is 2.89. The number of nitrogens with one attached hydrogen (secondary N) is 2. The molecule has 5 rings (SSSR count). The van der Waals surface area contributed by atoms with Crippen molar-refractivity contribution in [1.82, 2.24) is 19.7 Å². The zero-order valence-electron chi connectivity index (χ0n) is 24.7. The lowest BCUT2D eigenvalue weighted by molar-refractivity contribution is 0.144. The number of fused-ring (bicyclic) bond motifs is 1. The molecule has 0 unspecified atom stereocenters. The Labute approximate surface area is 254 Å². The van der Waals surface area contributed by atoms with E-state index in [0.29, 0.717) is 36.2 Å². The molecule has 5 aromatic rings. The smallest absolute Gasteiger partial charge is 0.324 e. The summed E-state index contributed by atoms with van der Waals surface area (Å²) < 4.78 is 18.2. The van der Waals surface area contributed by atoms with Crippen molar-refractivity contribution in [3.05, 3.63) is 84.8 Å². The van der Waals surface area contributed by atoms with Crippen molar-refractivity contribution >= 4 is 40.2 Å². The molecule has 2 aromatic heterocycles. The topological polar surface area (TPSA) is 112 Å². The average molecular weight is 599 g/mol. The molecule has 2 heterocycles. The van der Waals surface area contributed by atoms with E-state index in [1.165, 1.54) is 18.1 Å². The largest absolute Gasteiger partial charge is 0.493 e. The summed E-state index contributed by atoms with van der Waals surface area (Å²) in [7, 11) is 3.22. The van der Waals surface area contributed by atoms with Crippen LogP contribution in [0.2, 0.25) is 0 Å². The van der Waals surface area contributed by atoms with E-state index in [1.807, 2.05) is 72.8 Å². The van der Waals surface area contributed by atoms with E-state index in [-0.39, 0.29) is 11.4 Å². The molecule has 2 amide bonds. The molecular formula is C32H34N6O4S. The number of methoxy groups -OCH3 is 2. The molecule has 3 aromatic carbocycles. The van der Waals surface area contributed by atoms with Gasteiger partial charge in [-0.1, -0.05) is 56.8 Å². The van der Waals surface area contributed by atoms with Crippen LogP contribution in [0.25, 0.3) is 16.6 Å². The highest BCUT2D eigenvalue weighted by Crippen LogP contribution is 2.38. The Morgan fingerprint density at radius 2 is 1.72 bits per heavy atom. The molecule has 2 N–H and O–H groups in total. The molecule has 0 saturated carbocycles. The molecule has 0 radical (unpaired) electrons. The zero-order valence-corrected chi connectivity index (χ0v) is 25.6. The number of rotatable bonds is 10. The van der Waals surface area contributed by atoms with E-state index in [1.54, 1.807) is 18.9 Å². The third-order valence-corrected chi connectivity index (χ3v) is 7.46. The molecule has 10 nitrogen and oxygen atoms in total. The quantitative estimate of drug-likeness (QED) is 0.131. The van der Waals surface area contributed by atoms with E-state index in [9.17, 15) is 4.79 Å². The van der Waals surface area contributed by atoms with E-state index < -0.39 is 0 Å². The van der Waals surface area contributed by atoms with Gasteiger partial charge < -0.3 is 19.5 Å². The first kappa shape index (κ1) is 29.9. The third kappa shape index (κ3) is 7.25. The molecule has 0 saturated heterocycles. The first-order valence-electron chi connectivity index (χ1n) is 13.7. The van der Waals surface area contributed by atoms with Crippen molar-refractivity contribution in [3.8, 4) is 17.2 Å². The summed E-state index contributed by atoms with van der Waals surface area (Å²) in [4.78, 5) is 23.0. The van der Waals surface area contributed by atoms with Crippen LogP contribution in [0.15, 0.2) is 89.0 Å². The molecule has 0 aliphatic heterocycles. The van der Waals surface area contributed by atoms with E-state index in [2.05, 4.69) is 41.4 Å². The second kappa shape index (κ2) is 13.1. The lowest BCUT2D eigenvalue weighted by Crippen LogP contribution is -2.21. The van der Waals surface area contributed by atoms with Crippen LogP contribution in [0.5, 0.6) is 11.5 Å². The Balaban J connectivity index is 1.34. The number of hydrogen-bond donors (Lipinski definition) is 2. The van der Waals surface area contributed by atoms with E-state index in [0.717, 1.165) is 32.2 Å². The Kier molecular flexibility index (Phi) is 9.13. The van der Waals surface area contributed by atoms with E-state index >= 15 is 0 Å². The van der Waals surface area contributed by atoms with Crippen molar-refractivity contribution < 1.29 is 19.0 Å². The van der Waals surface area contributed by atoms with E-state index in [4.69, 9.17) is 19.3 Å². The molecule has 11 heteroatoms. The Hall–Kier alpha value is -4.61. The second-order valence-electron chi connectivity index (χ2n) is 10.7. The zero-order chi connectivity index (χ0) is 30.4. The van der Waals surface area contributed by atoms with Gasteiger partial charge in [0.05, 0.1) is 30.6 Å². The standard InChI is InChI=1S/C32H34N6O4S/c1-32(2,3)28-19-29(38(37-28)22-11-7-6-8-12-22)36-31(39)35-21-10-9-13-23(16-21)43-30-24-17-26(41-5)27(42-15-14-40-4)18-25(24)33-20-34-30/h6-13,16-20H,14-15H2,1-5H3,(H2,35,36,39). The molecule has 0 aliphatic rings. The Bertz CT molecular complexity index is 1720. The molecule has 222 valence electrons. The first-order chi connectivity index (χ1) is 20.7. The van der Waals surface area contributed by atoms with Crippen molar-refractivity contribution in [2.45, 2.75) is 36.1 Å². The number of nitrogens with zero attached hydrogens (tertiary/aromatic N) is 4. The third-order valence-electron chi connectivity index (χ3n) is 6.46. The predicted molar refractivity (Wildman–Crippen MR) is 169 cm³/mol. The number of para-hydroxylation sites is 1. The Morgan fingerprint density at radius 3 is 2.47 bits per heavy atom. The van der Waals surface area contributed by atoms with Gasteiger partial charge in [-0.15, -0.1) is 0 Å². The molecule has 0 bridgehead atoms. The van der Waals surface area contributed by atoms with Gasteiger partial charge in [-0.05, 0) is 36.4 Å². The monoisotopic (exact) mass is 598 g/mol. The summed E-state index contributed by atoms with van der Waals surface area (Å²) in [6.45, 7) is 7.12. The number of benzene rings is 3. The molecule has 0 fully saturated rings. The molecule has 43 heavy (non-hydrogen) atoms. The van der Waals surface area contributed by atoms with Gasteiger partial charge >= 0.3 is 6.03 Å². The van der Waals surface area contributed by atoms with Crippen molar-refractivity contribution in [3.63, 3.8) is 0 Å². The number of urea groups is 1. The number of carbonyl (C=O) groups excluding carboxylic acids is 1. The fraction of sp³-hybridized carbons (Fsp3) is 0.250. The van der Waals surface area contributed by atoms with Gasteiger partial charge in [0.25, 0.3) is 0 Å². The lowest BCUT2D eigenvalue weighted by atomic mass is 9.92. The second-order valence-corrected chi connectivity index (χ2v) is 11.7. The van der Waals surface area contributed by atoms with Crippen LogP contribution >= 0.6 is 11.8 Å². The maximum Gasteiger partial charge on any atom is 0.324 e. The van der Waals surface area contributed by atoms with Crippen LogP contribution in [0.1, 0.15) is 26.5 Å². The summed E-state index contributed by atoms with van der Waals surface area (Å²) >= 11 is 1.46. The fourth-order valence-corrected chi connectivity index (χ4v) is 5.19. The van der Waals surface area contributed by atoms with Crippen LogP contribution in [0.3, 0.4) is 0 Å². The minimum Gasteiger partial charge on any atom is -0.493 e. The van der Waals surface area contributed by atoms with Crippen LogP contribution in [-0.4, -0.2) is 53.2 Å². The van der Waals surface area contributed by atoms with Crippen LogP contribution < -0.4 is 20.1 Å². The highest BCUT2D eigenvalue weighted by atomic mass is 32.2. The normalized spacial score (nSPS) is 11.4. The average Bonchev–Trinajstić information content (AvgIpc) is 3.42. The SMILES string of the molecule is COCCOc1cc2ncnc(Sc3cccc(NC(=O)Nc4cc(C(C)(C)C)nn4-c4ccccc4)c3)c2cc1OC. The number of ether oxygens (including phenoxy) is 3. The maximum absolute atomic E-state index is 13.1. The summed E-state index contributed by atoms with van der Waals surface area (Å²) in [5.74, 6) is 1.74. The van der Waals surface area contributed by atoms with Gasteiger partial charge in [-0.25, -0.2) is 19.4 Å². The van der Waals surface area contributed by atoms with Gasteiger partial charge in [-0.2, -0.15) is 5.10 Å². The summed E-state index contributed by atoms with van der Waals surface area (Å²) in [6, 6.07) is 22.5. The highest BCUT2D eigenvalue weighted by Gasteiger charge is 2.21. The predicted octanol–water partition coefficient (Wildman–Crippen LogP) is 6.94. The van der Waals surface area contributed by atoms with Gasteiger partial charge in [0, 0.05) is 40.6 Å². The van der Waals surface area contributed by atoms with Gasteiger partial charge in [0.15, 0.2) is 11.5 Å². The van der Waals surface area contributed by atoms with Crippen molar-refractivity contribution in [2.24, 2.45) is 0 Å². The van der Waals surface area contributed by atoms with Gasteiger partial charge in [0.1, 0.15) is 23.8 Å². The Morgan fingerprint density at radius 1 is 0.907 bits per heavy atom. The summed E-state index contributed by atoms with van der Waals surface area (Å²) in [5, 5.41) is 12.3. The minimum atomic E-state index is -0.377. The van der Waals surface area contributed by atoms with Crippen LogP contribution in [-0.2, 0) is 10.2 Å². The fourth-order valence-electron chi connectivity index (χ4n) is 4.26. The number of aromatic nitrogens is 4. The minimum absolute atomic E-state index is 0.188. The highest BCUT2D eigenvalue weighted by molar-refractivity contribution is 7.99. The number of amides is 2. The van der Waals surface area contributed by atoms with Crippen LogP contribution in [0.4, 0.5) is 16.3 Å². The molecular weight excluding hydrogens is 564 g/mol. The number of carbonyl (C=O) groups is 1. The van der Waals surface area contributed by atoms with Crippen molar-refractivity contribution in [2.75, 3.05) is 38.1 Å². The molecule has 0 aliphatic carbocycles. The summed E-state index contributed by atoms with van der Waals surface area (Å²) in [6.07, 6.45) is 1.52. The molecule has 0 spiro atoms.